The lowest BCUT2D eigenvalue weighted by molar-refractivity contribution is -0.115. The number of aromatic nitrogens is 2. The molecule has 0 spiro atoms. The molecule has 1 amide bonds. The number of hydrogen-bond donors (Lipinski definition) is 1. The molecule has 0 bridgehead atoms. The van der Waals surface area contributed by atoms with Crippen LogP contribution in [-0.4, -0.2) is 28.1 Å². The van der Waals surface area contributed by atoms with Crippen LogP contribution >= 0.6 is 23.1 Å². The summed E-state index contributed by atoms with van der Waals surface area (Å²) in [7, 11) is 0. The maximum Gasteiger partial charge on any atom is 0.237 e. The first-order valence-corrected chi connectivity index (χ1v) is 7.99. The minimum atomic E-state index is -0.261. The molecule has 8 heteroatoms. The normalized spacial score (nSPS) is 14.0. The molecular weight excluding hydrogens is 310 g/mol. The van der Waals surface area contributed by atoms with Crippen molar-refractivity contribution in [3.8, 4) is 11.5 Å². The van der Waals surface area contributed by atoms with Crippen molar-refractivity contribution in [3.05, 3.63) is 23.2 Å². The zero-order valence-electron chi connectivity index (χ0n) is 11.5. The van der Waals surface area contributed by atoms with E-state index in [0.717, 1.165) is 9.35 Å². The fourth-order valence-electron chi connectivity index (χ4n) is 1.75. The highest BCUT2D eigenvalue weighted by Crippen LogP contribution is 2.34. The molecule has 1 aromatic heterocycles. The van der Waals surface area contributed by atoms with Gasteiger partial charge in [-0.25, -0.2) is 0 Å². The average molecular weight is 323 g/mol. The van der Waals surface area contributed by atoms with E-state index in [4.69, 9.17) is 9.47 Å². The summed E-state index contributed by atoms with van der Waals surface area (Å²) in [5.41, 5.74) is 0.685. The fraction of sp³-hybridized carbons (Fsp3) is 0.308. The molecule has 21 heavy (non-hydrogen) atoms. The van der Waals surface area contributed by atoms with E-state index in [1.54, 1.807) is 18.2 Å². The first-order valence-electron chi connectivity index (χ1n) is 6.29. The minimum absolute atomic E-state index is 0.0910. The van der Waals surface area contributed by atoms with Gasteiger partial charge >= 0.3 is 0 Å². The number of benzene rings is 1. The van der Waals surface area contributed by atoms with Gasteiger partial charge in [-0.3, -0.25) is 4.79 Å². The fourth-order valence-corrected chi connectivity index (χ4v) is 3.71. The first kappa shape index (κ1) is 14.2. The van der Waals surface area contributed by atoms with Crippen molar-refractivity contribution in [2.24, 2.45) is 0 Å². The van der Waals surface area contributed by atoms with E-state index < -0.39 is 0 Å². The Labute approximate surface area is 129 Å². The molecule has 110 valence electrons. The highest BCUT2D eigenvalue weighted by atomic mass is 32.2. The third-order valence-corrected chi connectivity index (χ3v) is 4.82. The Balaban J connectivity index is 1.63. The average Bonchev–Trinajstić information content (AvgIpc) is 3.07. The number of carbonyl (C=O) groups excluding carboxylic acids is 1. The number of thioether (sulfide) groups is 1. The van der Waals surface area contributed by atoms with Crippen molar-refractivity contribution in [2.75, 3.05) is 12.1 Å². The van der Waals surface area contributed by atoms with E-state index >= 15 is 0 Å². The van der Waals surface area contributed by atoms with Crippen molar-refractivity contribution in [1.82, 2.24) is 10.2 Å². The molecule has 0 saturated carbocycles. The van der Waals surface area contributed by atoms with E-state index in [0.29, 0.717) is 17.2 Å². The Hall–Kier alpha value is -1.80. The highest BCUT2D eigenvalue weighted by Gasteiger charge is 2.19. The van der Waals surface area contributed by atoms with Crippen molar-refractivity contribution >= 4 is 34.7 Å². The predicted octanol–water partition coefficient (Wildman–Crippen LogP) is 2.69. The number of fused-ring (bicyclic) bond motifs is 1. The molecule has 2 heterocycles. The minimum Gasteiger partial charge on any atom is -0.454 e. The number of amides is 1. The van der Waals surface area contributed by atoms with Gasteiger partial charge in [-0.1, -0.05) is 23.1 Å². The lowest BCUT2D eigenvalue weighted by Gasteiger charge is -2.10. The molecule has 1 N–H and O–H groups in total. The third kappa shape index (κ3) is 3.27. The molecule has 1 aliphatic heterocycles. The Morgan fingerprint density at radius 3 is 2.95 bits per heavy atom. The smallest absolute Gasteiger partial charge is 0.237 e. The number of hydrogen-bond acceptors (Lipinski definition) is 7. The Morgan fingerprint density at radius 1 is 1.38 bits per heavy atom. The maximum atomic E-state index is 12.2. The summed E-state index contributed by atoms with van der Waals surface area (Å²) in [5, 5.41) is 11.4. The molecule has 0 fully saturated rings. The molecule has 1 aromatic carbocycles. The second-order valence-electron chi connectivity index (χ2n) is 4.40. The van der Waals surface area contributed by atoms with Gasteiger partial charge in [-0.05, 0) is 26.0 Å². The van der Waals surface area contributed by atoms with Crippen LogP contribution in [0.4, 0.5) is 5.69 Å². The van der Waals surface area contributed by atoms with E-state index in [1.807, 2.05) is 13.8 Å². The summed E-state index contributed by atoms with van der Waals surface area (Å²) in [6.07, 6.45) is 0. The van der Waals surface area contributed by atoms with Crippen LogP contribution in [0.5, 0.6) is 11.5 Å². The van der Waals surface area contributed by atoms with Gasteiger partial charge in [0.1, 0.15) is 5.01 Å². The van der Waals surface area contributed by atoms with Crippen molar-refractivity contribution < 1.29 is 14.3 Å². The number of nitrogens with one attached hydrogen (secondary N) is 1. The lowest BCUT2D eigenvalue weighted by atomic mass is 10.2. The van der Waals surface area contributed by atoms with Gasteiger partial charge in [0, 0.05) is 11.8 Å². The summed E-state index contributed by atoms with van der Waals surface area (Å²) in [5.74, 6) is 1.25. The number of rotatable bonds is 4. The van der Waals surface area contributed by atoms with Crippen LogP contribution in [0.1, 0.15) is 11.9 Å². The summed E-state index contributed by atoms with van der Waals surface area (Å²) in [4.78, 5) is 12.2. The van der Waals surface area contributed by atoms with Crippen LogP contribution in [-0.2, 0) is 4.79 Å². The van der Waals surface area contributed by atoms with Crippen molar-refractivity contribution in [1.29, 1.82) is 0 Å². The monoisotopic (exact) mass is 323 g/mol. The molecule has 1 aliphatic rings. The largest absolute Gasteiger partial charge is 0.454 e. The zero-order valence-corrected chi connectivity index (χ0v) is 13.1. The maximum absolute atomic E-state index is 12.2. The van der Waals surface area contributed by atoms with Crippen LogP contribution in [0.3, 0.4) is 0 Å². The molecule has 6 nitrogen and oxygen atoms in total. The van der Waals surface area contributed by atoms with Gasteiger partial charge < -0.3 is 14.8 Å². The SMILES string of the molecule is Cc1nnc(S[C@H](C)C(=O)Nc2ccc3c(c2)OCO3)s1. The Kier molecular flexibility index (Phi) is 3.98. The van der Waals surface area contributed by atoms with E-state index in [1.165, 1.54) is 23.1 Å². The molecule has 0 unspecified atom stereocenters. The van der Waals surface area contributed by atoms with Gasteiger partial charge in [-0.15, -0.1) is 10.2 Å². The topological polar surface area (TPSA) is 73.3 Å². The molecule has 0 radical (unpaired) electrons. The van der Waals surface area contributed by atoms with E-state index in [2.05, 4.69) is 15.5 Å². The summed E-state index contributed by atoms with van der Waals surface area (Å²) >= 11 is 2.87. The molecule has 1 atom stereocenters. The molecule has 2 aromatic rings. The zero-order chi connectivity index (χ0) is 14.8. The third-order valence-electron chi connectivity index (χ3n) is 2.79. The summed E-state index contributed by atoms with van der Waals surface area (Å²) in [6.45, 7) is 3.94. The number of carbonyl (C=O) groups is 1. The summed E-state index contributed by atoms with van der Waals surface area (Å²) in [6, 6.07) is 5.33. The highest BCUT2D eigenvalue weighted by molar-refractivity contribution is 8.02. The second-order valence-corrected chi connectivity index (χ2v) is 7.17. The van der Waals surface area contributed by atoms with Gasteiger partial charge in [0.25, 0.3) is 0 Å². The number of nitrogens with zero attached hydrogens (tertiary/aromatic N) is 2. The van der Waals surface area contributed by atoms with Crippen molar-refractivity contribution in [2.45, 2.75) is 23.4 Å². The van der Waals surface area contributed by atoms with Crippen LogP contribution in [0.25, 0.3) is 0 Å². The van der Waals surface area contributed by atoms with Gasteiger partial charge in [0.2, 0.25) is 12.7 Å². The van der Waals surface area contributed by atoms with Crippen LogP contribution in [0, 0.1) is 6.92 Å². The molecule has 3 rings (SSSR count). The molecule has 0 saturated heterocycles. The summed E-state index contributed by atoms with van der Waals surface area (Å²) < 4.78 is 11.3. The van der Waals surface area contributed by atoms with Gasteiger partial charge in [0.05, 0.1) is 5.25 Å². The lowest BCUT2D eigenvalue weighted by Crippen LogP contribution is -2.22. The number of ether oxygens (including phenoxy) is 2. The van der Waals surface area contributed by atoms with Crippen LogP contribution in [0.2, 0.25) is 0 Å². The van der Waals surface area contributed by atoms with E-state index in [-0.39, 0.29) is 18.0 Å². The Bertz CT molecular complexity index is 674. The second kappa shape index (κ2) is 5.90. The van der Waals surface area contributed by atoms with Gasteiger partial charge in [0.15, 0.2) is 15.8 Å². The molecule has 0 aliphatic carbocycles. The first-order chi connectivity index (χ1) is 10.1. The number of anilines is 1. The quantitative estimate of drug-likeness (QED) is 0.872. The van der Waals surface area contributed by atoms with E-state index in [9.17, 15) is 4.79 Å². The Morgan fingerprint density at radius 2 is 2.19 bits per heavy atom. The van der Waals surface area contributed by atoms with Gasteiger partial charge in [-0.2, -0.15) is 0 Å². The number of aryl methyl sites for hydroxylation is 1. The predicted molar refractivity (Wildman–Crippen MR) is 81.2 cm³/mol. The van der Waals surface area contributed by atoms with Crippen molar-refractivity contribution in [3.63, 3.8) is 0 Å². The van der Waals surface area contributed by atoms with Crippen LogP contribution < -0.4 is 14.8 Å². The standard InChI is InChI=1S/C13H13N3O3S2/c1-7(20-13-16-15-8(2)21-13)12(17)14-9-3-4-10-11(5-9)19-6-18-10/h3-5,7H,6H2,1-2H3,(H,14,17)/t7-/m1/s1. The van der Waals surface area contributed by atoms with Crippen LogP contribution in [0.15, 0.2) is 22.5 Å². The molecular formula is C13H13N3O3S2.